The van der Waals surface area contributed by atoms with Gasteiger partial charge in [0.25, 0.3) is 0 Å². The van der Waals surface area contributed by atoms with Gasteiger partial charge in [-0.2, -0.15) is 8.78 Å². The Morgan fingerprint density at radius 1 is 1.35 bits per heavy atom. The number of hydrogen-bond acceptors (Lipinski definition) is 6. The molecule has 2 rings (SSSR count). The molecule has 0 spiro atoms. The van der Waals surface area contributed by atoms with Crippen molar-refractivity contribution in [3.05, 3.63) is 29.8 Å². The number of para-hydroxylation sites is 1. The monoisotopic (exact) mass is 301 g/mol. The van der Waals surface area contributed by atoms with Crippen molar-refractivity contribution in [1.82, 2.24) is 20.2 Å². The highest BCUT2D eigenvalue weighted by Crippen LogP contribution is 2.27. The molecule has 0 fully saturated rings. The minimum Gasteiger partial charge on any atom is -0.435 e. The molecule has 0 radical (unpaired) electrons. The van der Waals surface area contributed by atoms with Crippen molar-refractivity contribution in [3.8, 4) is 5.75 Å². The summed E-state index contributed by atoms with van der Waals surface area (Å²) in [6.07, 6.45) is 0. The average molecular weight is 301 g/mol. The lowest BCUT2D eigenvalue weighted by atomic mass is 10.2. The average Bonchev–Trinajstić information content (AvgIpc) is 2.85. The molecular formula is C11H13F2N5OS. The molecule has 1 heterocycles. The van der Waals surface area contributed by atoms with E-state index in [2.05, 4.69) is 20.3 Å². The predicted octanol–water partition coefficient (Wildman–Crippen LogP) is 1.53. The summed E-state index contributed by atoms with van der Waals surface area (Å²) in [5, 5.41) is 11.8. The highest BCUT2D eigenvalue weighted by Gasteiger charge is 2.11. The summed E-state index contributed by atoms with van der Waals surface area (Å²) in [7, 11) is 0. The van der Waals surface area contributed by atoms with E-state index in [1.54, 1.807) is 22.9 Å². The molecule has 0 aliphatic rings. The van der Waals surface area contributed by atoms with Gasteiger partial charge < -0.3 is 10.5 Å². The van der Waals surface area contributed by atoms with Gasteiger partial charge in [0.05, 0.1) is 6.54 Å². The summed E-state index contributed by atoms with van der Waals surface area (Å²) >= 11 is 1.33. The zero-order valence-corrected chi connectivity index (χ0v) is 11.3. The van der Waals surface area contributed by atoms with Crippen LogP contribution in [0.15, 0.2) is 29.4 Å². The van der Waals surface area contributed by atoms with Gasteiger partial charge in [-0.1, -0.05) is 30.0 Å². The molecular weight excluding hydrogens is 288 g/mol. The fourth-order valence-corrected chi connectivity index (χ4v) is 2.43. The van der Waals surface area contributed by atoms with Crippen LogP contribution in [-0.4, -0.2) is 33.4 Å². The molecule has 0 saturated carbocycles. The molecule has 0 unspecified atom stereocenters. The number of aromatic nitrogens is 4. The van der Waals surface area contributed by atoms with Gasteiger partial charge in [0, 0.05) is 17.9 Å². The second-order valence-electron chi connectivity index (χ2n) is 3.75. The van der Waals surface area contributed by atoms with Crippen LogP contribution in [0.3, 0.4) is 0 Å². The van der Waals surface area contributed by atoms with E-state index in [9.17, 15) is 8.78 Å². The van der Waals surface area contributed by atoms with Gasteiger partial charge in [0.1, 0.15) is 5.75 Å². The lowest BCUT2D eigenvalue weighted by molar-refractivity contribution is -0.0503. The largest absolute Gasteiger partial charge is 0.435 e. The van der Waals surface area contributed by atoms with Gasteiger partial charge in [-0.25, -0.2) is 4.68 Å². The van der Waals surface area contributed by atoms with Crippen LogP contribution in [0.5, 0.6) is 5.75 Å². The molecule has 0 atom stereocenters. The summed E-state index contributed by atoms with van der Waals surface area (Å²) in [5.74, 6) is 0.584. The minimum absolute atomic E-state index is 0.160. The van der Waals surface area contributed by atoms with E-state index < -0.39 is 6.61 Å². The second-order valence-corrected chi connectivity index (χ2v) is 4.69. The number of hydrogen-bond donors (Lipinski definition) is 1. The number of nitrogens with zero attached hydrogens (tertiary/aromatic N) is 4. The number of benzene rings is 1. The Kier molecular flexibility index (Phi) is 5.24. The topological polar surface area (TPSA) is 78.9 Å². The first-order chi connectivity index (χ1) is 9.70. The van der Waals surface area contributed by atoms with Crippen LogP contribution in [0.4, 0.5) is 8.78 Å². The quantitative estimate of drug-likeness (QED) is 0.781. The van der Waals surface area contributed by atoms with Crippen LogP contribution in [0.2, 0.25) is 0 Å². The van der Waals surface area contributed by atoms with Crippen LogP contribution >= 0.6 is 11.8 Å². The van der Waals surface area contributed by atoms with Crippen molar-refractivity contribution < 1.29 is 13.5 Å². The molecule has 1 aromatic heterocycles. The summed E-state index contributed by atoms with van der Waals surface area (Å²) in [6.45, 7) is -1.92. The van der Waals surface area contributed by atoms with Crippen molar-refractivity contribution in [2.45, 2.75) is 24.1 Å². The third-order valence-corrected chi connectivity index (χ3v) is 3.39. The second kappa shape index (κ2) is 7.15. The summed E-state index contributed by atoms with van der Waals surface area (Å²) in [5.41, 5.74) is 6.10. The molecule has 9 heteroatoms. The van der Waals surface area contributed by atoms with Crippen molar-refractivity contribution in [2.75, 3.05) is 6.54 Å². The number of tetrazole rings is 1. The van der Waals surface area contributed by atoms with Crippen LogP contribution in [-0.2, 0) is 12.3 Å². The zero-order valence-electron chi connectivity index (χ0n) is 10.4. The summed E-state index contributed by atoms with van der Waals surface area (Å²) < 4.78 is 30.6. The van der Waals surface area contributed by atoms with Crippen LogP contribution < -0.4 is 10.5 Å². The third-order valence-electron chi connectivity index (χ3n) is 2.39. The fraction of sp³-hybridized carbons (Fsp3) is 0.364. The zero-order chi connectivity index (χ0) is 14.4. The molecule has 0 bridgehead atoms. The molecule has 2 N–H and O–H groups in total. The van der Waals surface area contributed by atoms with E-state index in [0.717, 1.165) is 0 Å². The first-order valence-corrected chi connectivity index (χ1v) is 6.81. The van der Waals surface area contributed by atoms with Gasteiger partial charge in [0.2, 0.25) is 5.16 Å². The maximum atomic E-state index is 12.3. The van der Waals surface area contributed by atoms with Gasteiger partial charge in [-0.3, -0.25) is 0 Å². The molecule has 108 valence electrons. The van der Waals surface area contributed by atoms with Crippen molar-refractivity contribution in [3.63, 3.8) is 0 Å². The Hall–Kier alpha value is -1.74. The Balaban J connectivity index is 2.05. The van der Waals surface area contributed by atoms with E-state index in [1.807, 2.05) is 0 Å². The number of rotatable bonds is 7. The van der Waals surface area contributed by atoms with E-state index >= 15 is 0 Å². The first kappa shape index (κ1) is 14.7. The lowest BCUT2D eigenvalue weighted by Crippen LogP contribution is -2.12. The highest BCUT2D eigenvalue weighted by molar-refractivity contribution is 7.98. The minimum atomic E-state index is -2.84. The smallest absolute Gasteiger partial charge is 0.387 e. The van der Waals surface area contributed by atoms with Gasteiger partial charge in [0.15, 0.2) is 0 Å². The molecule has 0 aliphatic heterocycles. The van der Waals surface area contributed by atoms with Gasteiger partial charge in [-0.05, 0) is 16.5 Å². The molecule has 1 aromatic carbocycles. The predicted molar refractivity (Wildman–Crippen MR) is 69.5 cm³/mol. The van der Waals surface area contributed by atoms with Crippen LogP contribution in [0.25, 0.3) is 0 Å². The standard InChI is InChI=1S/C11H13F2N5OS/c12-10(13)19-9-4-2-1-3-8(9)7-20-11-15-16-17-18(11)6-5-14/h1-4,10H,5-7,14H2. The first-order valence-electron chi connectivity index (χ1n) is 5.82. The molecule has 0 saturated heterocycles. The van der Waals surface area contributed by atoms with E-state index in [-0.39, 0.29) is 5.75 Å². The number of nitrogens with two attached hydrogens (primary N) is 1. The summed E-state index contributed by atoms with van der Waals surface area (Å²) in [4.78, 5) is 0. The number of ether oxygens (including phenoxy) is 1. The Morgan fingerprint density at radius 2 is 2.15 bits per heavy atom. The number of thioether (sulfide) groups is 1. The normalized spacial score (nSPS) is 11.0. The molecule has 20 heavy (non-hydrogen) atoms. The number of halogens is 2. The van der Waals surface area contributed by atoms with Crippen molar-refractivity contribution >= 4 is 11.8 Å². The van der Waals surface area contributed by atoms with Crippen LogP contribution in [0, 0.1) is 0 Å². The SMILES string of the molecule is NCCn1nnnc1SCc1ccccc1OC(F)F. The summed E-state index contributed by atoms with van der Waals surface area (Å²) in [6, 6.07) is 6.63. The van der Waals surface area contributed by atoms with Crippen molar-refractivity contribution in [2.24, 2.45) is 5.73 Å². The molecule has 6 nitrogen and oxygen atoms in total. The Morgan fingerprint density at radius 3 is 2.90 bits per heavy atom. The third kappa shape index (κ3) is 3.87. The Labute approximate surface area is 118 Å². The maximum absolute atomic E-state index is 12.3. The van der Waals surface area contributed by atoms with E-state index in [1.165, 1.54) is 17.8 Å². The number of alkyl halides is 2. The Bertz CT molecular complexity index is 551. The van der Waals surface area contributed by atoms with Crippen molar-refractivity contribution in [1.29, 1.82) is 0 Å². The van der Waals surface area contributed by atoms with E-state index in [0.29, 0.717) is 29.6 Å². The van der Waals surface area contributed by atoms with Gasteiger partial charge >= 0.3 is 6.61 Å². The van der Waals surface area contributed by atoms with E-state index in [4.69, 9.17) is 5.73 Å². The molecule has 0 aliphatic carbocycles. The molecule has 2 aromatic rings. The van der Waals surface area contributed by atoms with Crippen LogP contribution in [0.1, 0.15) is 5.56 Å². The lowest BCUT2D eigenvalue weighted by Gasteiger charge is -2.09. The fourth-order valence-electron chi connectivity index (χ4n) is 1.54. The molecule has 0 amide bonds. The van der Waals surface area contributed by atoms with Gasteiger partial charge in [-0.15, -0.1) is 5.10 Å². The maximum Gasteiger partial charge on any atom is 0.387 e. The highest BCUT2D eigenvalue weighted by atomic mass is 32.2.